The fourth-order valence-electron chi connectivity index (χ4n) is 2.16. The van der Waals surface area contributed by atoms with Gasteiger partial charge < -0.3 is 10.3 Å². The number of anilines is 1. The molecule has 5 heteroatoms. The van der Waals surface area contributed by atoms with E-state index in [0.29, 0.717) is 23.3 Å². The molecule has 3 aromatic rings. The Balaban J connectivity index is 1.87. The maximum atomic E-state index is 12.0. The summed E-state index contributed by atoms with van der Waals surface area (Å²) in [7, 11) is 0. The van der Waals surface area contributed by atoms with Crippen molar-refractivity contribution in [1.29, 1.82) is 0 Å². The van der Waals surface area contributed by atoms with Crippen molar-refractivity contribution in [2.24, 2.45) is 0 Å². The molecule has 3 rings (SSSR count). The minimum Gasteiger partial charge on any atom is -0.377 e. The topological polar surface area (TPSA) is 57.8 Å². The third-order valence-corrected chi connectivity index (χ3v) is 3.89. The predicted molar refractivity (Wildman–Crippen MR) is 88.6 cm³/mol. The van der Waals surface area contributed by atoms with E-state index in [2.05, 4.69) is 31.2 Å². The molecule has 0 radical (unpaired) electrons. The summed E-state index contributed by atoms with van der Waals surface area (Å²) in [6.07, 6.45) is 0. The van der Waals surface area contributed by atoms with Gasteiger partial charge in [0.15, 0.2) is 0 Å². The van der Waals surface area contributed by atoms with Crippen LogP contribution < -0.4 is 10.9 Å². The highest BCUT2D eigenvalue weighted by atomic mass is 79.9. The van der Waals surface area contributed by atoms with Crippen LogP contribution in [0.2, 0.25) is 0 Å². The summed E-state index contributed by atoms with van der Waals surface area (Å²) >= 11 is 3.52. The van der Waals surface area contributed by atoms with Crippen molar-refractivity contribution < 1.29 is 0 Å². The monoisotopic (exact) mass is 343 g/mol. The normalized spacial score (nSPS) is 10.8. The predicted octanol–water partition coefficient (Wildman–Crippen LogP) is 3.61. The highest BCUT2D eigenvalue weighted by molar-refractivity contribution is 9.10. The lowest BCUT2D eigenvalue weighted by atomic mass is 10.2. The molecule has 0 bridgehead atoms. The molecule has 0 saturated heterocycles. The van der Waals surface area contributed by atoms with Crippen LogP contribution in [0.3, 0.4) is 0 Å². The van der Waals surface area contributed by atoms with Gasteiger partial charge in [0.2, 0.25) is 0 Å². The summed E-state index contributed by atoms with van der Waals surface area (Å²) in [6.45, 7) is 2.50. The van der Waals surface area contributed by atoms with Crippen molar-refractivity contribution >= 4 is 32.5 Å². The summed E-state index contributed by atoms with van der Waals surface area (Å²) in [6, 6.07) is 13.4. The van der Waals surface area contributed by atoms with Gasteiger partial charge >= 0.3 is 0 Å². The fourth-order valence-corrected chi connectivity index (χ4v) is 2.79. The Hall–Kier alpha value is -2.14. The highest BCUT2D eigenvalue weighted by Gasteiger charge is 2.04. The second kappa shape index (κ2) is 5.69. The maximum Gasteiger partial charge on any atom is 0.258 e. The van der Waals surface area contributed by atoms with E-state index in [0.717, 1.165) is 10.2 Å². The second-order valence-corrected chi connectivity index (χ2v) is 5.72. The summed E-state index contributed by atoms with van der Waals surface area (Å²) in [4.78, 5) is 19.3. The number of rotatable bonds is 3. The van der Waals surface area contributed by atoms with Crippen LogP contribution in [0, 0.1) is 6.92 Å². The van der Waals surface area contributed by atoms with E-state index >= 15 is 0 Å². The molecule has 0 amide bonds. The van der Waals surface area contributed by atoms with Crippen molar-refractivity contribution in [2.45, 2.75) is 13.5 Å². The van der Waals surface area contributed by atoms with Gasteiger partial charge in [-0.1, -0.05) is 18.2 Å². The smallest absolute Gasteiger partial charge is 0.258 e. The lowest BCUT2D eigenvalue weighted by molar-refractivity contribution is 0.952. The van der Waals surface area contributed by atoms with E-state index in [1.165, 1.54) is 5.56 Å². The van der Waals surface area contributed by atoms with Crippen LogP contribution in [-0.4, -0.2) is 9.97 Å². The van der Waals surface area contributed by atoms with Gasteiger partial charge in [0.05, 0.1) is 17.4 Å². The number of aromatic nitrogens is 2. The SMILES string of the molecule is Cc1ccc(NCc2nc3ccccc3c(=O)[nH]2)c(Br)c1. The van der Waals surface area contributed by atoms with Gasteiger partial charge in [-0.2, -0.15) is 0 Å². The van der Waals surface area contributed by atoms with Crippen molar-refractivity contribution in [1.82, 2.24) is 9.97 Å². The van der Waals surface area contributed by atoms with Crippen molar-refractivity contribution in [3.05, 3.63) is 68.7 Å². The number of nitrogens with one attached hydrogen (secondary N) is 2. The van der Waals surface area contributed by atoms with E-state index in [9.17, 15) is 4.79 Å². The molecule has 1 aromatic heterocycles. The molecule has 0 aliphatic heterocycles. The Morgan fingerprint density at radius 3 is 2.86 bits per heavy atom. The third kappa shape index (κ3) is 2.97. The van der Waals surface area contributed by atoms with E-state index in [1.807, 2.05) is 43.3 Å². The lowest BCUT2D eigenvalue weighted by Gasteiger charge is -2.09. The van der Waals surface area contributed by atoms with Gasteiger partial charge in [0, 0.05) is 10.2 Å². The first kappa shape index (κ1) is 13.8. The zero-order valence-corrected chi connectivity index (χ0v) is 13.1. The maximum absolute atomic E-state index is 12.0. The molecule has 0 aliphatic carbocycles. The first-order valence-corrected chi connectivity index (χ1v) is 7.41. The molecule has 0 fully saturated rings. The van der Waals surface area contributed by atoms with E-state index in [4.69, 9.17) is 0 Å². The second-order valence-electron chi connectivity index (χ2n) is 4.87. The molecule has 0 unspecified atom stereocenters. The average molecular weight is 344 g/mol. The summed E-state index contributed by atoms with van der Waals surface area (Å²) < 4.78 is 0.991. The van der Waals surface area contributed by atoms with Crippen LogP contribution in [0.4, 0.5) is 5.69 Å². The van der Waals surface area contributed by atoms with Gasteiger partial charge in [0.1, 0.15) is 5.82 Å². The molecule has 21 heavy (non-hydrogen) atoms. The molecule has 1 heterocycles. The summed E-state index contributed by atoms with van der Waals surface area (Å²) in [5, 5.41) is 3.88. The Labute approximate surface area is 130 Å². The lowest BCUT2D eigenvalue weighted by Crippen LogP contribution is -2.14. The standard InChI is InChI=1S/C16H14BrN3O/c1-10-6-7-14(12(17)8-10)18-9-15-19-13-5-3-2-4-11(13)16(21)20-15/h2-8,18H,9H2,1H3,(H,19,20,21). The van der Waals surface area contributed by atoms with Crippen LogP contribution in [0.25, 0.3) is 10.9 Å². The number of halogens is 1. The Kier molecular flexibility index (Phi) is 3.75. The van der Waals surface area contributed by atoms with Gasteiger partial charge in [-0.05, 0) is 52.7 Å². The highest BCUT2D eigenvalue weighted by Crippen LogP contribution is 2.23. The fraction of sp³-hybridized carbons (Fsp3) is 0.125. The number of para-hydroxylation sites is 1. The number of fused-ring (bicyclic) bond motifs is 1. The van der Waals surface area contributed by atoms with Gasteiger partial charge in [-0.3, -0.25) is 4.79 Å². The van der Waals surface area contributed by atoms with Gasteiger partial charge in [0.25, 0.3) is 5.56 Å². The molecular weight excluding hydrogens is 330 g/mol. The van der Waals surface area contributed by atoms with Crippen LogP contribution in [-0.2, 0) is 6.54 Å². The molecule has 0 atom stereocenters. The Morgan fingerprint density at radius 1 is 1.24 bits per heavy atom. The molecular formula is C16H14BrN3O. The molecule has 0 aliphatic rings. The summed E-state index contributed by atoms with van der Waals surface area (Å²) in [5.41, 5.74) is 2.75. The van der Waals surface area contributed by atoms with Crippen LogP contribution in [0.1, 0.15) is 11.4 Å². The van der Waals surface area contributed by atoms with E-state index in [-0.39, 0.29) is 5.56 Å². The third-order valence-electron chi connectivity index (χ3n) is 3.23. The molecule has 2 N–H and O–H groups in total. The van der Waals surface area contributed by atoms with Crippen molar-refractivity contribution in [3.8, 4) is 0 Å². The zero-order valence-electron chi connectivity index (χ0n) is 11.5. The van der Waals surface area contributed by atoms with Gasteiger partial charge in [-0.15, -0.1) is 0 Å². The number of hydrogen-bond acceptors (Lipinski definition) is 3. The Bertz CT molecular complexity index is 858. The molecule has 2 aromatic carbocycles. The first-order valence-electron chi connectivity index (χ1n) is 6.61. The number of hydrogen-bond donors (Lipinski definition) is 2. The molecule has 4 nitrogen and oxygen atoms in total. The van der Waals surface area contributed by atoms with Crippen LogP contribution in [0.15, 0.2) is 51.7 Å². The van der Waals surface area contributed by atoms with Crippen LogP contribution in [0.5, 0.6) is 0 Å². The minimum atomic E-state index is -0.111. The van der Waals surface area contributed by atoms with E-state index < -0.39 is 0 Å². The first-order chi connectivity index (χ1) is 10.1. The molecule has 0 saturated carbocycles. The minimum absolute atomic E-state index is 0.111. The number of benzene rings is 2. The quantitative estimate of drug-likeness (QED) is 0.763. The molecule has 0 spiro atoms. The number of aromatic amines is 1. The summed E-state index contributed by atoms with van der Waals surface area (Å²) in [5.74, 6) is 0.617. The Morgan fingerprint density at radius 2 is 2.05 bits per heavy atom. The van der Waals surface area contributed by atoms with E-state index in [1.54, 1.807) is 6.07 Å². The van der Waals surface area contributed by atoms with Crippen molar-refractivity contribution in [2.75, 3.05) is 5.32 Å². The van der Waals surface area contributed by atoms with Gasteiger partial charge in [-0.25, -0.2) is 4.98 Å². The average Bonchev–Trinajstić information content (AvgIpc) is 2.46. The zero-order chi connectivity index (χ0) is 14.8. The van der Waals surface area contributed by atoms with Crippen LogP contribution >= 0.6 is 15.9 Å². The number of nitrogens with zero attached hydrogens (tertiary/aromatic N) is 1. The number of aryl methyl sites for hydroxylation is 1. The number of H-pyrrole nitrogens is 1. The largest absolute Gasteiger partial charge is 0.377 e. The molecule has 106 valence electrons. The van der Waals surface area contributed by atoms with Crippen molar-refractivity contribution in [3.63, 3.8) is 0 Å².